The average molecular weight is 227 g/mol. The molecular weight excluding hydrogens is 216 g/mol. The van der Waals surface area contributed by atoms with Gasteiger partial charge in [0.2, 0.25) is 0 Å². The maximum atomic E-state index is 12.0. The van der Waals surface area contributed by atoms with Gasteiger partial charge in [0.25, 0.3) is 0 Å². The van der Waals surface area contributed by atoms with Gasteiger partial charge in [-0.3, -0.25) is 4.79 Å². The standard InChI is InChI=1S/C11H11ClOS/c1-11(6-9(11)14)10(13)7-2-4-8(12)5-3-7/h2-5,9,14H,6H2,1H3. The zero-order chi connectivity index (χ0) is 10.3. The van der Waals surface area contributed by atoms with Gasteiger partial charge in [0.1, 0.15) is 0 Å². The molecule has 0 saturated heterocycles. The van der Waals surface area contributed by atoms with Crippen LogP contribution in [-0.4, -0.2) is 11.0 Å². The van der Waals surface area contributed by atoms with E-state index in [1.807, 2.05) is 6.92 Å². The van der Waals surface area contributed by atoms with Gasteiger partial charge in [-0.15, -0.1) is 0 Å². The maximum absolute atomic E-state index is 12.0. The van der Waals surface area contributed by atoms with Crippen molar-refractivity contribution in [3.05, 3.63) is 34.9 Å². The molecule has 0 spiro atoms. The lowest BCUT2D eigenvalue weighted by Gasteiger charge is -2.07. The maximum Gasteiger partial charge on any atom is 0.169 e. The van der Waals surface area contributed by atoms with Crippen LogP contribution in [0.3, 0.4) is 0 Å². The van der Waals surface area contributed by atoms with Gasteiger partial charge in [-0.05, 0) is 30.7 Å². The van der Waals surface area contributed by atoms with E-state index in [0.29, 0.717) is 5.02 Å². The third-order valence-corrected chi connectivity index (χ3v) is 3.82. The molecule has 74 valence electrons. The fourth-order valence-corrected chi connectivity index (χ4v) is 2.14. The Kier molecular flexibility index (Phi) is 2.36. The van der Waals surface area contributed by atoms with Crippen LogP contribution in [0.5, 0.6) is 0 Å². The van der Waals surface area contributed by atoms with E-state index in [0.717, 1.165) is 12.0 Å². The van der Waals surface area contributed by atoms with Crippen LogP contribution in [0.1, 0.15) is 23.7 Å². The van der Waals surface area contributed by atoms with E-state index in [9.17, 15) is 4.79 Å². The molecule has 2 unspecified atom stereocenters. The molecule has 0 aromatic heterocycles. The molecule has 0 bridgehead atoms. The van der Waals surface area contributed by atoms with Crippen LogP contribution >= 0.6 is 24.2 Å². The molecule has 1 aliphatic carbocycles. The molecule has 1 aromatic rings. The first-order valence-corrected chi connectivity index (χ1v) is 5.42. The van der Waals surface area contributed by atoms with Crippen LogP contribution in [0.4, 0.5) is 0 Å². The SMILES string of the molecule is CC1(C(=O)c2ccc(Cl)cc2)CC1S. The van der Waals surface area contributed by atoms with Crippen molar-refractivity contribution < 1.29 is 4.79 Å². The summed E-state index contributed by atoms with van der Waals surface area (Å²) in [7, 11) is 0. The first-order valence-electron chi connectivity index (χ1n) is 4.52. The number of carbonyl (C=O) groups excluding carboxylic acids is 1. The monoisotopic (exact) mass is 226 g/mol. The lowest BCUT2D eigenvalue weighted by molar-refractivity contribution is 0.0914. The number of benzene rings is 1. The summed E-state index contributed by atoms with van der Waals surface area (Å²) in [4.78, 5) is 12.0. The summed E-state index contributed by atoms with van der Waals surface area (Å²) in [5.41, 5.74) is 0.477. The number of Topliss-reactive ketones (excluding diaryl/α,β-unsaturated/α-hetero) is 1. The Labute approximate surface area is 93.9 Å². The predicted molar refractivity (Wildman–Crippen MR) is 61.3 cm³/mol. The van der Waals surface area contributed by atoms with Gasteiger partial charge in [0.05, 0.1) is 0 Å². The quantitative estimate of drug-likeness (QED) is 0.605. The van der Waals surface area contributed by atoms with Gasteiger partial charge in [-0.2, -0.15) is 12.6 Å². The van der Waals surface area contributed by atoms with Crippen LogP contribution in [0.15, 0.2) is 24.3 Å². The fourth-order valence-electron chi connectivity index (χ4n) is 1.52. The zero-order valence-corrected chi connectivity index (χ0v) is 9.48. The van der Waals surface area contributed by atoms with Crippen molar-refractivity contribution in [3.63, 3.8) is 0 Å². The minimum atomic E-state index is -0.253. The molecule has 3 heteroatoms. The van der Waals surface area contributed by atoms with Crippen molar-refractivity contribution in [2.75, 3.05) is 0 Å². The van der Waals surface area contributed by atoms with Crippen molar-refractivity contribution in [1.82, 2.24) is 0 Å². The number of hydrogen-bond acceptors (Lipinski definition) is 2. The minimum absolute atomic E-state index is 0.175. The van der Waals surface area contributed by atoms with Crippen molar-refractivity contribution >= 4 is 30.0 Å². The highest BCUT2D eigenvalue weighted by Gasteiger charge is 2.53. The summed E-state index contributed by atoms with van der Waals surface area (Å²) in [5.74, 6) is 0.175. The highest BCUT2D eigenvalue weighted by Crippen LogP contribution is 2.51. The van der Waals surface area contributed by atoms with E-state index in [2.05, 4.69) is 12.6 Å². The second-order valence-electron chi connectivity index (χ2n) is 3.97. The summed E-state index contributed by atoms with van der Waals surface area (Å²) < 4.78 is 0. The Morgan fingerprint density at radius 3 is 2.43 bits per heavy atom. The molecule has 1 saturated carbocycles. The number of ketones is 1. The first-order chi connectivity index (χ1) is 6.54. The largest absolute Gasteiger partial charge is 0.294 e. The fraction of sp³-hybridized carbons (Fsp3) is 0.364. The van der Waals surface area contributed by atoms with Gasteiger partial charge < -0.3 is 0 Å². The summed E-state index contributed by atoms with van der Waals surface area (Å²) in [5, 5.41) is 0.871. The molecule has 1 fully saturated rings. The average Bonchev–Trinajstić information content (AvgIpc) is 2.76. The molecule has 0 N–H and O–H groups in total. The second-order valence-corrected chi connectivity index (χ2v) is 5.03. The van der Waals surface area contributed by atoms with Gasteiger partial charge in [0, 0.05) is 21.3 Å². The molecule has 14 heavy (non-hydrogen) atoms. The Morgan fingerprint density at radius 2 is 2.00 bits per heavy atom. The summed E-state index contributed by atoms with van der Waals surface area (Å²) in [6.45, 7) is 1.96. The summed E-state index contributed by atoms with van der Waals surface area (Å²) in [6, 6.07) is 7.03. The summed E-state index contributed by atoms with van der Waals surface area (Å²) in [6.07, 6.45) is 0.873. The van der Waals surface area contributed by atoms with Crippen LogP contribution in [-0.2, 0) is 0 Å². The van der Waals surface area contributed by atoms with E-state index in [4.69, 9.17) is 11.6 Å². The van der Waals surface area contributed by atoms with Crippen molar-refractivity contribution in [2.45, 2.75) is 18.6 Å². The summed E-state index contributed by atoms with van der Waals surface area (Å²) >= 11 is 10.1. The second kappa shape index (κ2) is 3.28. The molecule has 0 amide bonds. The van der Waals surface area contributed by atoms with Crippen LogP contribution in [0.25, 0.3) is 0 Å². The molecule has 0 heterocycles. The Balaban J connectivity index is 2.24. The lowest BCUT2D eigenvalue weighted by Crippen LogP contribution is -2.14. The predicted octanol–water partition coefficient (Wildman–Crippen LogP) is 3.23. The van der Waals surface area contributed by atoms with Crippen molar-refractivity contribution in [2.24, 2.45) is 5.41 Å². The Bertz CT molecular complexity index is 373. The molecule has 2 atom stereocenters. The van der Waals surface area contributed by atoms with Crippen molar-refractivity contribution in [3.8, 4) is 0 Å². The minimum Gasteiger partial charge on any atom is -0.294 e. The van der Waals surface area contributed by atoms with Gasteiger partial charge in [-0.25, -0.2) is 0 Å². The Morgan fingerprint density at radius 1 is 1.50 bits per heavy atom. The molecule has 1 aliphatic rings. The first kappa shape index (κ1) is 10.1. The lowest BCUT2D eigenvalue weighted by atomic mass is 9.97. The number of thiol groups is 1. The molecule has 1 nitrogen and oxygen atoms in total. The molecule has 0 aliphatic heterocycles. The third kappa shape index (κ3) is 1.57. The van der Waals surface area contributed by atoms with E-state index in [1.165, 1.54) is 0 Å². The van der Waals surface area contributed by atoms with Crippen LogP contribution < -0.4 is 0 Å². The van der Waals surface area contributed by atoms with Gasteiger partial charge in [-0.1, -0.05) is 18.5 Å². The van der Waals surface area contributed by atoms with E-state index in [1.54, 1.807) is 24.3 Å². The molecule has 0 radical (unpaired) electrons. The Hall–Kier alpha value is -0.470. The van der Waals surface area contributed by atoms with Crippen molar-refractivity contribution in [1.29, 1.82) is 0 Å². The van der Waals surface area contributed by atoms with Gasteiger partial charge in [0.15, 0.2) is 5.78 Å². The van der Waals surface area contributed by atoms with E-state index in [-0.39, 0.29) is 16.4 Å². The van der Waals surface area contributed by atoms with E-state index >= 15 is 0 Å². The highest BCUT2D eigenvalue weighted by atomic mass is 35.5. The topological polar surface area (TPSA) is 17.1 Å². The number of carbonyl (C=O) groups is 1. The molecular formula is C11H11ClOS. The highest BCUT2D eigenvalue weighted by molar-refractivity contribution is 7.81. The van der Waals surface area contributed by atoms with Crippen LogP contribution in [0, 0.1) is 5.41 Å². The molecule has 2 rings (SSSR count). The smallest absolute Gasteiger partial charge is 0.169 e. The third-order valence-electron chi connectivity index (χ3n) is 2.82. The normalized spacial score (nSPS) is 30.1. The van der Waals surface area contributed by atoms with Gasteiger partial charge >= 0.3 is 0 Å². The number of hydrogen-bond donors (Lipinski definition) is 1. The zero-order valence-electron chi connectivity index (χ0n) is 7.83. The van der Waals surface area contributed by atoms with E-state index < -0.39 is 0 Å². The number of rotatable bonds is 2. The van der Waals surface area contributed by atoms with Crippen LogP contribution in [0.2, 0.25) is 5.02 Å². The number of halogens is 1. The molecule has 1 aromatic carbocycles.